The molecule has 0 heterocycles. The van der Waals surface area contributed by atoms with Crippen molar-refractivity contribution in [1.29, 1.82) is 10.8 Å². The van der Waals surface area contributed by atoms with Gasteiger partial charge in [-0.2, -0.15) is 0 Å². The molecular formula is C12H26N8O3. The molecule has 0 aliphatic carbocycles. The van der Waals surface area contributed by atoms with Gasteiger partial charge in [0.1, 0.15) is 12.1 Å². The number of esters is 2. The van der Waals surface area contributed by atoms with Crippen LogP contribution in [0.2, 0.25) is 0 Å². The topological polar surface area (TPSA) is 219 Å². The number of carbonyl (C=O) groups excluding carboxylic acids is 2. The molecule has 0 saturated heterocycles. The number of hydrogen-bond acceptors (Lipinski definition) is 7. The van der Waals surface area contributed by atoms with Crippen LogP contribution in [0.25, 0.3) is 0 Å². The maximum absolute atomic E-state index is 11.6. The van der Waals surface area contributed by atoms with Gasteiger partial charge in [-0.1, -0.05) is 0 Å². The first-order valence-corrected chi connectivity index (χ1v) is 7.16. The highest BCUT2D eigenvalue weighted by molar-refractivity contribution is 5.90. The van der Waals surface area contributed by atoms with Crippen molar-refractivity contribution in [1.82, 2.24) is 10.6 Å². The molecule has 0 spiro atoms. The molecule has 0 aliphatic heterocycles. The van der Waals surface area contributed by atoms with Gasteiger partial charge in [0.15, 0.2) is 11.9 Å². The number of carbonyl (C=O) groups is 2. The van der Waals surface area contributed by atoms with Crippen molar-refractivity contribution in [2.75, 3.05) is 13.1 Å². The molecular weight excluding hydrogens is 304 g/mol. The molecule has 0 aromatic rings. The molecule has 11 heteroatoms. The van der Waals surface area contributed by atoms with Crippen molar-refractivity contribution < 1.29 is 14.3 Å². The predicted octanol–water partition coefficient (Wildman–Crippen LogP) is -2.76. The van der Waals surface area contributed by atoms with E-state index in [0.29, 0.717) is 25.9 Å². The molecule has 12 N–H and O–H groups in total. The zero-order valence-electron chi connectivity index (χ0n) is 12.9. The molecule has 0 saturated carbocycles. The summed E-state index contributed by atoms with van der Waals surface area (Å²) in [5, 5.41) is 19.1. The van der Waals surface area contributed by atoms with E-state index in [-0.39, 0.29) is 24.8 Å². The Hall–Kier alpha value is -2.40. The second-order valence-corrected chi connectivity index (χ2v) is 4.92. The van der Waals surface area contributed by atoms with Crippen molar-refractivity contribution in [3.05, 3.63) is 0 Å². The highest BCUT2D eigenvalue weighted by Gasteiger charge is 2.22. The highest BCUT2D eigenvalue weighted by Crippen LogP contribution is 2.01. The number of rotatable bonds is 10. The molecule has 0 rings (SSSR count). The third-order valence-corrected chi connectivity index (χ3v) is 2.82. The fourth-order valence-corrected chi connectivity index (χ4v) is 1.58. The Kier molecular flexibility index (Phi) is 10.0. The number of guanidine groups is 2. The van der Waals surface area contributed by atoms with E-state index in [0.717, 1.165) is 0 Å². The van der Waals surface area contributed by atoms with Crippen LogP contribution < -0.4 is 33.6 Å². The molecule has 0 aromatic carbocycles. The van der Waals surface area contributed by atoms with Crippen molar-refractivity contribution in [2.24, 2.45) is 22.9 Å². The summed E-state index contributed by atoms with van der Waals surface area (Å²) >= 11 is 0. The van der Waals surface area contributed by atoms with Crippen LogP contribution in [0.5, 0.6) is 0 Å². The number of nitrogens with one attached hydrogen (secondary N) is 4. The zero-order valence-corrected chi connectivity index (χ0v) is 12.9. The Morgan fingerprint density at radius 1 is 0.870 bits per heavy atom. The van der Waals surface area contributed by atoms with Gasteiger partial charge >= 0.3 is 11.9 Å². The van der Waals surface area contributed by atoms with Crippen LogP contribution >= 0.6 is 0 Å². The second kappa shape index (κ2) is 11.2. The minimum absolute atomic E-state index is 0.165. The normalized spacial score (nSPS) is 12.8. The third-order valence-electron chi connectivity index (χ3n) is 2.82. The molecule has 0 amide bonds. The van der Waals surface area contributed by atoms with E-state index >= 15 is 0 Å². The van der Waals surface area contributed by atoms with E-state index in [1.54, 1.807) is 0 Å². The van der Waals surface area contributed by atoms with Gasteiger partial charge in [-0.3, -0.25) is 10.8 Å². The van der Waals surface area contributed by atoms with Gasteiger partial charge in [0.25, 0.3) is 0 Å². The van der Waals surface area contributed by atoms with E-state index in [1.165, 1.54) is 0 Å². The smallest absolute Gasteiger partial charge is 0.330 e. The first-order valence-electron chi connectivity index (χ1n) is 7.16. The molecule has 11 nitrogen and oxygen atoms in total. The largest absolute Gasteiger partial charge is 0.391 e. The van der Waals surface area contributed by atoms with Crippen LogP contribution in [-0.2, 0) is 14.3 Å². The van der Waals surface area contributed by atoms with Crippen molar-refractivity contribution >= 4 is 23.9 Å². The van der Waals surface area contributed by atoms with Crippen molar-refractivity contribution in [3.63, 3.8) is 0 Å². The fraction of sp³-hybridized carbons (Fsp3) is 0.667. The summed E-state index contributed by atoms with van der Waals surface area (Å²) < 4.78 is 4.63. The number of ether oxygens (including phenoxy) is 1. The van der Waals surface area contributed by atoms with Gasteiger partial charge in [0.05, 0.1) is 0 Å². The molecule has 132 valence electrons. The summed E-state index contributed by atoms with van der Waals surface area (Å²) in [6.07, 6.45) is 1.55. The quantitative estimate of drug-likeness (QED) is 0.0682. The lowest BCUT2D eigenvalue weighted by Gasteiger charge is -2.14. The van der Waals surface area contributed by atoms with Crippen LogP contribution in [0, 0.1) is 10.8 Å². The summed E-state index contributed by atoms with van der Waals surface area (Å²) in [5.74, 6) is -2.01. The average molecular weight is 330 g/mol. The molecule has 0 aliphatic rings. The van der Waals surface area contributed by atoms with Gasteiger partial charge < -0.3 is 38.3 Å². The SMILES string of the molecule is N=C(N)NCCCC(N)C(=O)OC(=O)C(N)CCCNC(=N)N. The van der Waals surface area contributed by atoms with Gasteiger partial charge in [-0.15, -0.1) is 0 Å². The molecule has 2 unspecified atom stereocenters. The van der Waals surface area contributed by atoms with Crippen LogP contribution in [0.1, 0.15) is 25.7 Å². The average Bonchev–Trinajstić information content (AvgIpc) is 2.46. The Morgan fingerprint density at radius 2 is 1.22 bits per heavy atom. The van der Waals surface area contributed by atoms with E-state index < -0.39 is 24.0 Å². The Balaban J connectivity index is 3.95. The minimum Gasteiger partial charge on any atom is -0.391 e. The molecule has 0 fully saturated rings. The third kappa shape index (κ3) is 10.9. The maximum Gasteiger partial charge on any atom is 0.330 e. The summed E-state index contributed by atoms with van der Waals surface area (Å²) in [7, 11) is 0. The lowest BCUT2D eigenvalue weighted by atomic mass is 10.1. The summed E-state index contributed by atoms with van der Waals surface area (Å²) in [6, 6.07) is -1.89. The maximum atomic E-state index is 11.6. The number of nitrogens with two attached hydrogens (primary N) is 4. The highest BCUT2D eigenvalue weighted by atomic mass is 16.6. The van der Waals surface area contributed by atoms with Gasteiger partial charge in [-0.05, 0) is 25.7 Å². The van der Waals surface area contributed by atoms with E-state index in [2.05, 4.69) is 15.4 Å². The fourth-order valence-electron chi connectivity index (χ4n) is 1.58. The second-order valence-electron chi connectivity index (χ2n) is 4.92. The standard InChI is InChI=1S/C12H26N8O3/c13-7(3-1-5-19-11(15)16)9(21)23-10(22)8(14)4-2-6-20-12(17)18/h7-8H,1-6,13-14H2,(H4,15,16,19)(H4,17,18,20). The Bertz CT molecular complexity index is 391. The van der Waals surface area contributed by atoms with Crippen LogP contribution in [-0.4, -0.2) is 49.0 Å². The van der Waals surface area contributed by atoms with Crippen LogP contribution in [0.3, 0.4) is 0 Å². The van der Waals surface area contributed by atoms with E-state index in [9.17, 15) is 9.59 Å². The van der Waals surface area contributed by atoms with E-state index in [1.807, 2.05) is 0 Å². The molecule has 0 bridgehead atoms. The Labute approximate surface area is 134 Å². The Morgan fingerprint density at radius 3 is 1.52 bits per heavy atom. The van der Waals surface area contributed by atoms with Crippen molar-refractivity contribution in [3.8, 4) is 0 Å². The zero-order chi connectivity index (χ0) is 17.8. The lowest BCUT2D eigenvalue weighted by molar-refractivity contribution is -0.161. The molecule has 2 atom stereocenters. The lowest BCUT2D eigenvalue weighted by Crippen LogP contribution is -2.40. The van der Waals surface area contributed by atoms with Crippen molar-refractivity contribution in [2.45, 2.75) is 37.8 Å². The molecule has 23 heavy (non-hydrogen) atoms. The van der Waals surface area contributed by atoms with Gasteiger partial charge in [0.2, 0.25) is 0 Å². The summed E-state index contributed by atoms with van der Waals surface area (Å²) in [6.45, 7) is 0.792. The number of hydrogen-bond donors (Lipinski definition) is 8. The van der Waals surface area contributed by atoms with Gasteiger partial charge in [-0.25, -0.2) is 9.59 Å². The van der Waals surface area contributed by atoms with Gasteiger partial charge in [0, 0.05) is 13.1 Å². The first-order chi connectivity index (χ1) is 10.7. The monoisotopic (exact) mass is 330 g/mol. The summed E-state index contributed by atoms with van der Waals surface area (Å²) in [4.78, 5) is 23.3. The first kappa shape index (κ1) is 20.6. The van der Waals surface area contributed by atoms with Crippen LogP contribution in [0.15, 0.2) is 0 Å². The predicted molar refractivity (Wildman–Crippen MR) is 85.4 cm³/mol. The van der Waals surface area contributed by atoms with Crippen LogP contribution in [0.4, 0.5) is 0 Å². The molecule has 0 aromatic heterocycles. The summed E-state index contributed by atoms with van der Waals surface area (Å²) in [5.41, 5.74) is 21.4. The van der Waals surface area contributed by atoms with E-state index in [4.69, 9.17) is 33.8 Å². The molecule has 0 radical (unpaired) electrons. The minimum atomic E-state index is -0.945.